The molecule has 1 saturated heterocycles. The summed E-state index contributed by atoms with van der Waals surface area (Å²) in [5, 5.41) is 5.38. The van der Waals surface area contributed by atoms with E-state index in [4.69, 9.17) is 0 Å². The molecule has 2 N–H and O–H groups in total. The van der Waals surface area contributed by atoms with Crippen molar-refractivity contribution in [3.63, 3.8) is 0 Å². The number of hydrogen-bond acceptors (Lipinski definition) is 3. The monoisotopic (exact) mass is 374 g/mol. The number of hydrogen-bond donors (Lipinski definition) is 2. The number of urea groups is 1. The molecule has 8 heteroatoms. The van der Waals surface area contributed by atoms with Gasteiger partial charge in [-0.3, -0.25) is 9.69 Å². The van der Waals surface area contributed by atoms with Crippen molar-refractivity contribution in [3.05, 3.63) is 60.2 Å². The second kappa shape index (κ2) is 8.59. The number of piperazine rings is 1. The zero-order valence-corrected chi connectivity index (χ0v) is 14.6. The minimum atomic E-state index is -1.01. The van der Waals surface area contributed by atoms with E-state index in [2.05, 4.69) is 10.6 Å². The van der Waals surface area contributed by atoms with Crippen molar-refractivity contribution in [1.29, 1.82) is 0 Å². The largest absolute Gasteiger partial charge is 0.325 e. The van der Waals surface area contributed by atoms with E-state index in [9.17, 15) is 18.4 Å². The van der Waals surface area contributed by atoms with Crippen LogP contribution in [-0.2, 0) is 4.79 Å². The summed E-state index contributed by atoms with van der Waals surface area (Å²) in [5.41, 5.74) is 0.940. The summed E-state index contributed by atoms with van der Waals surface area (Å²) in [7, 11) is 0. The molecule has 2 aromatic carbocycles. The van der Waals surface area contributed by atoms with Crippen LogP contribution in [0.2, 0.25) is 0 Å². The lowest BCUT2D eigenvalue weighted by molar-refractivity contribution is -0.117. The van der Waals surface area contributed by atoms with Gasteiger partial charge in [0.2, 0.25) is 5.91 Å². The van der Waals surface area contributed by atoms with Crippen molar-refractivity contribution in [2.45, 2.75) is 0 Å². The number of para-hydroxylation sites is 1. The Morgan fingerprint density at radius 1 is 0.852 bits per heavy atom. The number of amides is 3. The third-order valence-corrected chi connectivity index (χ3v) is 4.26. The summed E-state index contributed by atoms with van der Waals surface area (Å²) >= 11 is 0. The summed E-state index contributed by atoms with van der Waals surface area (Å²) in [6.07, 6.45) is 0. The van der Waals surface area contributed by atoms with Crippen LogP contribution in [0.15, 0.2) is 48.5 Å². The Morgan fingerprint density at radius 3 is 2.22 bits per heavy atom. The van der Waals surface area contributed by atoms with Crippen LogP contribution in [0.5, 0.6) is 0 Å². The Hall–Kier alpha value is -3.00. The summed E-state index contributed by atoms with van der Waals surface area (Å²) in [6.45, 7) is 2.22. The smallest absolute Gasteiger partial charge is 0.321 e. The highest BCUT2D eigenvalue weighted by atomic mass is 19.2. The molecule has 0 saturated carbocycles. The van der Waals surface area contributed by atoms with E-state index < -0.39 is 11.6 Å². The molecule has 1 aliphatic rings. The van der Waals surface area contributed by atoms with Crippen molar-refractivity contribution >= 4 is 23.3 Å². The second-order valence-corrected chi connectivity index (χ2v) is 6.24. The van der Waals surface area contributed by atoms with Crippen LogP contribution >= 0.6 is 0 Å². The van der Waals surface area contributed by atoms with E-state index in [0.29, 0.717) is 26.2 Å². The predicted octanol–water partition coefficient (Wildman–Crippen LogP) is 2.75. The van der Waals surface area contributed by atoms with Gasteiger partial charge >= 0.3 is 6.03 Å². The molecule has 142 valence electrons. The molecule has 1 fully saturated rings. The SMILES string of the molecule is O=C(CN1CCN(C(=O)Nc2ccc(F)c(F)c2)CC1)Nc1ccccc1. The Balaban J connectivity index is 1.44. The van der Waals surface area contributed by atoms with Crippen LogP contribution in [0.1, 0.15) is 0 Å². The van der Waals surface area contributed by atoms with Crippen molar-refractivity contribution in [2.24, 2.45) is 0 Å². The van der Waals surface area contributed by atoms with Gasteiger partial charge in [0.1, 0.15) is 0 Å². The second-order valence-electron chi connectivity index (χ2n) is 6.24. The van der Waals surface area contributed by atoms with Gasteiger partial charge in [-0.2, -0.15) is 0 Å². The molecule has 0 radical (unpaired) electrons. The Kier molecular flexibility index (Phi) is 5.97. The Labute approximate surface area is 155 Å². The first-order valence-electron chi connectivity index (χ1n) is 8.59. The molecule has 27 heavy (non-hydrogen) atoms. The third-order valence-electron chi connectivity index (χ3n) is 4.26. The van der Waals surface area contributed by atoms with Gasteiger partial charge in [0.05, 0.1) is 6.54 Å². The summed E-state index contributed by atoms with van der Waals surface area (Å²) in [5.74, 6) is -2.08. The van der Waals surface area contributed by atoms with Gasteiger partial charge in [-0.1, -0.05) is 18.2 Å². The maximum atomic E-state index is 13.2. The van der Waals surface area contributed by atoms with Crippen LogP contribution in [0.25, 0.3) is 0 Å². The number of nitrogens with one attached hydrogen (secondary N) is 2. The first-order valence-corrected chi connectivity index (χ1v) is 8.59. The Bertz CT molecular complexity index is 809. The number of nitrogens with zero attached hydrogens (tertiary/aromatic N) is 2. The fourth-order valence-corrected chi connectivity index (χ4v) is 2.81. The lowest BCUT2D eigenvalue weighted by atomic mass is 10.3. The first kappa shape index (κ1) is 18.8. The van der Waals surface area contributed by atoms with E-state index in [0.717, 1.165) is 17.8 Å². The van der Waals surface area contributed by atoms with Crippen LogP contribution in [-0.4, -0.2) is 54.5 Å². The molecule has 0 bridgehead atoms. The first-order chi connectivity index (χ1) is 13.0. The topological polar surface area (TPSA) is 64.7 Å². The number of benzene rings is 2. The van der Waals surface area contributed by atoms with E-state index in [-0.39, 0.29) is 24.2 Å². The zero-order valence-electron chi connectivity index (χ0n) is 14.6. The molecule has 3 amide bonds. The molecular formula is C19H20F2N4O2. The minimum absolute atomic E-state index is 0.110. The quantitative estimate of drug-likeness (QED) is 0.865. The average Bonchev–Trinajstić information content (AvgIpc) is 2.66. The maximum absolute atomic E-state index is 13.2. The molecule has 3 rings (SSSR count). The molecular weight excluding hydrogens is 354 g/mol. The predicted molar refractivity (Wildman–Crippen MR) is 98.5 cm³/mol. The number of halogens is 2. The third kappa shape index (κ3) is 5.24. The zero-order chi connectivity index (χ0) is 19.2. The van der Waals surface area contributed by atoms with Gasteiger partial charge in [0.25, 0.3) is 0 Å². The lowest BCUT2D eigenvalue weighted by Gasteiger charge is -2.34. The molecule has 0 atom stereocenters. The van der Waals surface area contributed by atoms with E-state index >= 15 is 0 Å². The highest BCUT2D eigenvalue weighted by Gasteiger charge is 2.22. The Morgan fingerprint density at radius 2 is 1.56 bits per heavy atom. The van der Waals surface area contributed by atoms with E-state index in [1.807, 2.05) is 35.2 Å². The van der Waals surface area contributed by atoms with Crippen LogP contribution < -0.4 is 10.6 Å². The maximum Gasteiger partial charge on any atom is 0.321 e. The molecule has 0 aromatic heterocycles. The fraction of sp³-hybridized carbons (Fsp3) is 0.263. The van der Waals surface area contributed by atoms with Crippen molar-refractivity contribution < 1.29 is 18.4 Å². The summed E-state index contributed by atoms with van der Waals surface area (Å²) in [6, 6.07) is 12.0. The van der Waals surface area contributed by atoms with Crippen LogP contribution in [0.3, 0.4) is 0 Å². The number of rotatable bonds is 4. The average molecular weight is 374 g/mol. The van der Waals surface area contributed by atoms with E-state index in [1.165, 1.54) is 6.07 Å². The molecule has 1 aliphatic heterocycles. The number of carbonyl (C=O) groups is 2. The van der Waals surface area contributed by atoms with Crippen LogP contribution in [0, 0.1) is 11.6 Å². The van der Waals surface area contributed by atoms with Gasteiger partial charge in [0, 0.05) is 43.6 Å². The molecule has 2 aromatic rings. The highest BCUT2D eigenvalue weighted by Crippen LogP contribution is 2.14. The highest BCUT2D eigenvalue weighted by molar-refractivity contribution is 5.92. The van der Waals surface area contributed by atoms with Gasteiger partial charge in [-0.05, 0) is 24.3 Å². The van der Waals surface area contributed by atoms with Gasteiger partial charge in [-0.25, -0.2) is 13.6 Å². The van der Waals surface area contributed by atoms with E-state index in [1.54, 1.807) is 4.90 Å². The molecule has 0 aliphatic carbocycles. The minimum Gasteiger partial charge on any atom is -0.325 e. The fourth-order valence-electron chi connectivity index (χ4n) is 2.81. The van der Waals surface area contributed by atoms with Crippen LogP contribution in [0.4, 0.5) is 25.0 Å². The molecule has 0 unspecified atom stereocenters. The number of anilines is 2. The van der Waals surface area contributed by atoms with Crippen molar-refractivity contribution in [3.8, 4) is 0 Å². The summed E-state index contributed by atoms with van der Waals surface area (Å²) in [4.78, 5) is 27.9. The van der Waals surface area contributed by atoms with Gasteiger partial charge in [-0.15, -0.1) is 0 Å². The van der Waals surface area contributed by atoms with Gasteiger partial charge < -0.3 is 15.5 Å². The normalized spacial score (nSPS) is 14.7. The summed E-state index contributed by atoms with van der Waals surface area (Å²) < 4.78 is 26.2. The van der Waals surface area contributed by atoms with Gasteiger partial charge in [0.15, 0.2) is 11.6 Å². The van der Waals surface area contributed by atoms with Crippen molar-refractivity contribution in [2.75, 3.05) is 43.4 Å². The number of carbonyl (C=O) groups excluding carboxylic acids is 2. The van der Waals surface area contributed by atoms with Crippen molar-refractivity contribution in [1.82, 2.24) is 9.80 Å². The standard InChI is InChI=1S/C19H20F2N4O2/c20-16-7-6-15(12-17(16)21)23-19(27)25-10-8-24(9-11-25)13-18(26)22-14-4-2-1-3-5-14/h1-7,12H,8-11,13H2,(H,22,26)(H,23,27). The lowest BCUT2D eigenvalue weighted by Crippen LogP contribution is -2.51. The molecule has 6 nitrogen and oxygen atoms in total. The molecule has 1 heterocycles. The molecule has 0 spiro atoms.